The molecule has 3 rings (SSSR count). The second kappa shape index (κ2) is 5.68. The van der Waals surface area contributed by atoms with E-state index in [4.69, 9.17) is 11.6 Å². The number of nitro groups is 1. The van der Waals surface area contributed by atoms with Crippen LogP contribution in [0.1, 0.15) is 24.8 Å². The molecule has 2 atom stereocenters. The van der Waals surface area contributed by atoms with Crippen LogP contribution in [0.3, 0.4) is 0 Å². The number of nitrogens with zero attached hydrogens (tertiary/aromatic N) is 2. The van der Waals surface area contributed by atoms with Gasteiger partial charge in [-0.05, 0) is 37.9 Å². The van der Waals surface area contributed by atoms with Crippen LogP contribution in [0, 0.1) is 10.1 Å². The minimum atomic E-state index is -0.362. The van der Waals surface area contributed by atoms with Crippen molar-refractivity contribution < 1.29 is 4.92 Å². The van der Waals surface area contributed by atoms with E-state index in [1.54, 1.807) is 12.1 Å². The number of halogens is 1. The van der Waals surface area contributed by atoms with Crippen molar-refractivity contribution in [3.63, 3.8) is 0 Å². The van der Waals surface area contributed by atoms with Crippen LogP contribution >= 0.6 is 11.6 Å². The molecule has 108 valence electrons. The van der Waals surface area contributed by atoms with E-state index in [2.05, 4.69) is 10.2 Å². The highest BCUT2D eigenvalue weighted by molar-refractivity contribution is 6.30. The zero-order valence-electron chi connectivity index (χ0n) is 11.2. The van der Waals surface area contributed by atoms with Crippen molar-refractivity contribution in [3.8, 4) is 0 Å². The van der Waals surface area contributed by atoms with Gasteiger partial charge in [0.05, 0.1) is 4.92 Å². The van der Waals surface area contributed by atoms with Gasteiger partial charge in [-0.25, -0.2) is 0 Å². The normalized spacial score (nSPS) is 25.9. The Labute approximate surface area is 123 Å². The molecule has 2 fully saturated rings. The number of benzene rings is 1. The highest BCUT2D eigenvalue weighted by Gasteiger charge is 2.36. The molecule has 0 aliphatic carbocycles. The average molecular weight is 296 g/mol. The number of hydrogen-bond acceptors (Lipinski definition) is 4. The van der Waals surface area contributed by atoms with Crippen LogP contribution in [0.5, 0.6) is 0 Å². The first-order valence-corrected chi connectivity index (χ1v) is 7.43. The van der Waals surface area contributed by atoms with E-state index in [9.17, 15) is 10.1 Å². The lowest BCUT2D eigenvalue weighted by Crippen LogP contribution is -2.38. The van der Waals surface area contributed by atoms with Gasteiger partial charge in [0.25, 0.3) is 5.69 Å². The Morgan fingerprint density at radius 1 is 1.40 bits per heavy atom. The molecule has 0 radical (unpaired) electrons. The van der Waals surface area contributed by atoms with Crippen molar-refractivity contribution >= 4 is 17.3 Å². The Morgan fingerprint density at radius 2 is 2.25 bits per heavy atom. The second-order valence-electron chi connectivity index (χ2n) is 5.55. The van der Waals surface area contributed by atoms with Gasteiger partial charge in [-0.2, -0.15) is 0 Å². The van der Waals surface area contributed by atoms with Gasteiger partial charge in [0.1, 0.15) is 0 Å². The summed E-state index contributed by atoms with van der Waals surface area (Å²) in [5.74, 6) is 0. The monoisotopic (exact) mass is 295 g/mol. The maximum Gasteiger partial charge on any atom is 0.275 e. The Morgan fingerprint density at radius 3 is 3.05 bits per heavy atom. The van der Waals surface area contributed by atoms with Gasteiger partial charge in [-0.3, -0.25) is 15.0 Å². The largest absolute Gasteiger partial charge is 0.308 e. The lowest BCUT2D eigenvalue weighted by atomic mass is 10.1. The zero-order chi connectivity index (χ0) is 14.1. The smallest absolute Gasteiger partial charge is 0.275 e. The number of fused-ring (bicyclic) bond motifs is 1. The van der Waals surface area contributed by atoms with Gasteiger partial charge in [0.15, 0.2) is 0 Å². The van der Waals surface area contributed by atoms with Crippen molar-refractivity contribution in [1.82, 2.24) is 10.2 Å². The van der Waals surface area contributed by atoms with Crippen molar-refractivity contribution in [2.24, 2.45) is 0 Å². The number of nitro benzene ring substituents is 1. The van der Waals surface area contributed by atoms with Crippen LogP contribution in [0.4, 0.5) is 5.69 Å². The summed E-state index contributed by atoms with van der Waals surface area (Å²) >= 11 is 5.83. The summed E-state index contributed by atoms with van der Waals surface area (Å²) in [6, 6.07) is 5.94. The molecule has 0 saturated carbocycles. The Hall–Kier alpha value is -1.17. The Balaban J connectivity index is 1.68. The molecule has 20 heavy (non-hydrogen) atoms. The maximum absolute atomic E-state index is 11.1. The number of hydrogen-bond donors (Lipinski definition) is 1. The molecular formula is C14H18ClN3O2. The van der Waals surface area contributed by atoms with Crippen molar-refractivity contribution in [3.05, 3.63) is 38.9 Å². The number of nitrogens with one attached hydrogen (secondary N) is 1. The van der Waals surface area contributed by atoms with E-state index in [-0.39, 0.29) is 10.6 Å². The summed E-state index contributed by atoms with van der Waals surface area (Å²) in [4.78, 5) is 13.2. The molecule has 1 N–H and O–H groups in total. The summed E-state index contributed by atoms with van der Waals surface area (Å²) in [5.41, 5.74) is 0.808. The molecule has 2 unspecified atom stereocenters. The summed E-state index contributed by atoms with van der Waals surface area (Å²) in [7, 11) is 0. The van der Waals surface area contributed by atoms with Crippen LogP contribution in [0.15, 0.2) is 18.2 Å². The third-order valence-electron chi connectivity index (χ3n) is 4.40. The van der Waals surface area contributed by atoms with Gasteiger partial charge in [-0.1, -0.05) is 11.6 Å². The summed E-state index contributed by atoms with van der Waals surface area (Å²) in [5, 5.41) is 15.0. The first kappa shape index (κ1) is 13.8. The zero-order valence-corrected chi connectivity index (χ0v) is 12.0. The van der Waals surface area contributed by atoms with Crippen LogP contribution in [0.25, 0.3) is 0 Å². The standard InChI is InChI=1S/C14H18ClN3O2/c15-11-4-3-10(14(8-11)18(19)20)9-16-12-5-7-17-6-1-2-13(12)17/h3-4,8,12-13,16H,1-2,5-7,9H2. The molecule has 6 heteroatoms. The van der Waals surface area contributed by atoms with Crippen molar-refractivity contribution in [2.75, 3.05) is 13.1 Å². The topological polar surface area (TPSA) is 58.4 Å². The minimum absolute atomic E-state index is 0.103. The third-order valence-corrected chi connectivity index (χ3v) is 4.64. The van der Waals surface area contributed by atoms with Crippen molar-refractivity contribution in [2.45, 2.75) is 37.9 Å². The number of rotatable bonds is 4. The Bertz CT molecular complexity index is 523. The summed E-state index contributed by atoms with van der Waals surface area (Å²) < 4.78 is 0. The molecule has 2 aliphatic heterocycles. The van der Waals surface area contributed by atoms with E-state index in [1.165, 1.54) is 25.5 Å². The summed E-state index contributed by atoms with van der Waals surface area (Å²) in [6.07, 6.45) is 3.64. The van der Waals surface area contributed by atoms with E-state index in [0.29, 0.717) is 29.2 Å². The van der Waals surface area contributed by atoms with Gasteiger partial charge in [-0.15, -0.1) is 0 Å². The first-order chi connectivity index (χ1) is 9.65. The SMILES string of the molecule is O=[N+]([O-])c1cc(Cl)ccc1CNC1CCN2CCCC12. The van der Waals surface area contributed by atoms with Gasteiger partial charge < -0.3 is 5.32 Å². The molecule has 0 aromatic heterocycles. The predicted molar refractivity (Wildman–Crippen MR) is 77.9 cm³/mol. The first-order valence-electron chi connectivity index (χ1n) is 7.05. The van der Waals surface area contributed by atoms with Crippen LogP contribution < -0.4 is 5.32 Å². The quantitative estimate of drug-likeness (QED) is 0.685. The van der Waals surface area contributed by atoms with Gasteiger partial charge in [0.2, 0.25) is 0 Å². The average Bonchev–Trinajstić information content (AvgIpc) is 3.00. The molecule has 2 heterocycles. The molecule has 2 aliphatic rings. The molecular weight excluding hydrogens is 278 g/mol. The van der Waals surface area contributed by atoms with Gasteiger partial charge >= 0.3 is 0 Å². The molecule has 1 aromatic carbocycles. The van der Waals surface area contributed by atoms with Gasteiger partial charge in [0, 0.05) is 41.8 Å². The fourth-order valence-corrected chi connectivity index (χ4v) is 3.58. The molecule has 0 bridgehead atoms. The summed E-state index contributed by atoms with van der Waals surface area (Å²) in [6.45, 7) is 2.87. The molecule has 0 spiro atoms. The third kappa shape index (κ3) is 2.66. The fraction of sp³-hybridized carbons (Fsp3) is 0.571. The highest BCUT2D eigenvalue weighted by atomic mass is 35.5. The van der Waals surface area contributed by atoms with E-state index < -0.39 is 0 Å². The van der Waals surface area contributed by atoms with E-state index in [0.717, 1.165) is 13.0 Å². The lowest BCUT2D eigenvalue weighted by molar-refractivity contribution is -0.385. The fourth-order valence-electron chi connectivity index (χ4n) is 3.42. The van der Waals surface area contributed by atoms with Crippen LogP contribution in [0.2, 0.25) is 5.02 Å². The highest BCUT2D eigenvalue weighted by Crippen LogP contribution is 2.29. The molecule has 1 aromatic rings. The second-order valence-corrected chi connectivity index (χ2v) is 5.99. The van der Waals surface area contributed by atoms with E-state index in [1.807, 2.05) is 0 Å². The van der Waals surface area contributed by atoms with E-state index >= 15 is 0 Å². The lowest BCUT2D eigenvalue weighted by Gasteiger charge is -2.21. The van der Waals surface area contributed by atoms with Crippen LogP contribution in [-0.4, -0.2) is 35.0 Å². The minimum Gasteiger partial charge on any atom is -0.308 e. The molecule has 0 amide bonds. The van der Waals surface area contributed by atoms with Crippen LogP contribution in [-0.2, 0) is 6.54 Å². The Kier molecular flexibility index (Phi) is 3.92. The molecule has 2 saturated heterocycles. The maximum atomic E-state index is 11.1. The molecule has 5 nitrogen and oxygen atoms in total. The van der Waals surface area contributed by atoms with Crippen molar-refractivity contribution in [1.29, 1.82) is 0 Å². The predicted octanol–water partition coefficient (Wildman–Crippen LogP) is 2.57.